The molecule has 0 heterocycles. The van der Waals surface area contributed by atoms with Crippen LogP contribution in [-0.2, 0) is 5.60 Å². The summed E-state index contributed by atoms with van der Waals surface area (Å²) >= 11 is 0. The number of unbranched alkanes of at least 4 members (excludes halogenated alkanes) is 2. The van der Waals surface area contributed by atoms with Gasteiger partial charge in [-0.15, -0.1) is 0 Å². The van der Waals surface area contributed by atoms with Crippen LogP contribution in [0.25, 0.3) is 0 Å². The van der Waals surface area contributed by atoms with E-state index in [-0.39, 0.29) is 0 Å². The molecule has 1 N–H and O–H groups in total. The molecule has 1 aliphatic rings. The first-order valence-electron chi connectivity index (χ1n) is 7.36. The molecule has 0 bridgehead atoms. The molecule has 0 aliphatic heterocycles. The van der Waals surface area contributed by atoms with Gasteiger partial charge in [0.25, 0.3) is 0 Å². The van der Waals surface area contributed by atoms with E-state index in [0.717, 1.165) is 18.4 Å². The summed E-state index contributed by atoms with van der Waals surface area (Å²) in [5, 5.41) is 11.2. The molecule has 0 unspecified atom stereocenters. The normalized spacial score (nSPS) is 20.1. The fourth-order valence-corrected chi connectivity index (χ4v) is 3.03. The maximum Gasteiger partial charge on any atom is 0.0959 e. The number of benzene rings is 1. The molecule has 1 aliphatic carbocycles. The molecule has 0 amide bonds. The van der Waals surface area contributed by atoms with E-state index in [9.17, 15) is 5.11 Å². The van der Waals surface area contributed by atoms with E-state index in [0.29, 0.717) is 5.92 Å². The summed E-state index contributed by atoms with van der Waals surface area (Å²) in [6.07, 6.45) is 13.9. The summed E-state index contributed by atoms with van der Waals surface area (Å²) in [6.45, 7) is 1.99. The largest absolute Gasteiger partial charge is 0.385 e. The molecule has 1 nitrogen and oxygen atoms in total. The first-order valence-corrected chi connectivity index (χ1v) is 7.36. The molecule has 1 atom stereocenters. The maximum atomic E-state index is 11.2. The SMILES string of the molecule is C[CH][CH][CH][CH][C@@](O)(c1ccccc1)C1CCCCC1. The van der Waals surface area contributed by atoms with Gasteiger partial charge < -0.3 is 5.11 Å². The second-order valence-electron chi connectivity index (χ2n) is 5.41. The highest BCUT2D eigenvalue weighted by atomic mass is 16.3. The van der Waals surface area contributed by atoms with Crippen molar-refractivity contribution in [3.63, 3.8) is 0 Å². The lowest BCUT2D eigenvalue weighted by Crippen LogP contribution is -2.37. The Bertz CT molecular complexity index is 353. The summed E-state index contributed by atoms with van der Waals surface area (Å²) in [6, 6.07) is 10.1. The Morgan fingerprint density at radius 2 is 1.74 bits per heavy atom. The van der Waals surface area contributed by atoms with Crippen molar-refractivity contribution in [1.29, 1.82) is 0 Å². The third-order valence-corrected chi connectivity index (χ3v) is 4.12. The molecule has 1 aromatic carbocycles. The van der Waals surface area contributed by atoms with E-state index in [1.807, 2.05) is 62.9 Å². The highest BCUT2D eigenvalue weighted by molar-refractivity contribution is 5.29. The Hall–Kier alpha value is -0.820. The minimum absolute atomic E-state index is 0.338. The molecule has 19 heavy (non-hydrogen) atoms. The van der Waals surface area contributed by atoms with Crippen LogP contribution < -0.4 is 0 Å². The second kappa shape index (κ2) is 7.09. The van der Waals surface area contributed by atoms with Gasteiger partial charge in [-0.1, -0.05) is 56.5 Å². The summed E-state index contributed by atoms with van der Waals surface area (Å²) in [4.78, 5) is 0. The molecule has 1 aromatic rings. The van der Waals surface area contributed by atoms with Gasteiger partial charge in [-0.2, -0.15) is 0 Å². The lowest BCUT2D eigenvalue weighted by atomic mass is 9.71. The standard InChI is InChI=1S/C18H24O/c1-2-3-10-15-18(19,16-11-6-4-7-12-16)17-13-8-5-9-14-17/h2-4,6-7,10-12,15,17,19H,5,8-9,13-14H2,1H3/t18-/m1/s1. The average Bonchev–Trinajstić information content (AvgIpc) is 2.49. The number of hydrogen-bond acceptors (Lipinski definition) is 1. The predicted octanol–water partition coefficient (Wildman–Crippen LogP) is 4.29. The summed E-state index contributed by atoms with van der Waals surface area (Å²) < 4.78 is 0. The highest BCUT2D eigenvalue weighted by Gasteiger charge is 2.38. The van der Waals surface area contributed by atoms with E-state index in [1.54, 1.807) is 0 Å². The van der Waals surface area contributed by atoms with Crippen molar-refractivity contribution in [2.75, 3.05) is 0 Å². The van der Waals surface area contributed by atoms with Crippen molar-refractivity contribution in [1.82, 2.24) is 0 Å². The zero-order valence-corrected chi connectivity index (χ0v) is 11.8. The Balaban J connectivity index is 2.16. The van der Waals surface area contributed by atoms with E-state index < -0.39 is 5.60 Å². The number of aliphatic hydroxyl groups is 1. The zero-order valence-electron chi connectivity index (χ0n) is 11.8. The van der Waals surface area contributed by atoms with Gasteiger partial charge in [-0.25, -0.2) is 0 Å². The van der Waals surface area contributed by atoms with Gasteiger partial charge in [-0.3, -0.25) is 0 Å². The fraction of sp³-hybridized carbons (Fsp3) is 0.444. The van der Waals surface area contributed by atoms with Crippen molar-refractivity contribution in [3.8, 4) is 0 Å². The van der Waals surface area contributed by atoms with Crippen LogP contribution in [0.3, 0.4) is 0 Å². The quantitative estimate of drug-likeness (QED) is 0.753. The summed E-state index contributed by atoms with van der Waals surface area (Å²) in [7, 11) is 0. The summed E-state index contributed by atoms with van der Waals surface area (Å²) in [5.41, 5.74) is 0.198. The minimum atomic E-state index is -0.818. The smallest absolute Gasteiger partial charge is 0.0959 e. The zero-order chi connectivity index (χ0) is 13.6. The van der Waals surface area contributed by atoms with Crippen molar-refractivity contribution in [3.05, 3.63) is 61.6 Å². The van der Waals surface area contributed by atoms with Gasteiger partial charge in [0, 0.05) is 6.42 Å². The average molecular weight is 256 g/mol. The molecule has 1 saturated carbocycles. The monoisotopic (exact) mass is 256 g/mol. The van der Waals surface area contributed by atoms with Crippen molar-refractivity contribution >= 4 is 0 Å². The molecule has 0 saturated heterocycles. The summed E-state index contributed by atoms with van der Waals surface area (Å²) in [5.74, 6) is 0.338. The number of hydrogen-bond donors (Lipinski definition) is 1. The lowest BCUT2D eigenvalue weighted by Gasteiger charge is -2.39. The molecule has 0 spiro atoms. The molecule has 4 radical (unpaired) electrons. The molecular weight excluding hydrogens is 232 g/mol. The van der Waals surface area contributed by atoms with Crippen molar-refractivity contribution < 1.29 is 5.11 Å². The van der Waals surface area contributed by atoms with E-state index in [1.165, 1.54) is 19.3 Å². The fourth-order valence-electron chi connectivity index (χ4n) is 3.03. The van der Waals surface area contributed by atoms with Crippen LogP contribution in [-0.4, -0.2) is 5.11 Å². The maximum absolute atomic E-state index is 11.2. The first-order chi connectivity index (χ1) is 9.27. The van der Waals surface area contributed by atoms with Gasteiger partial charge in [0.1, 0.15) is 0 Å². The topological polar surface area (TPSA) is 20.2 Å². The van der Waals surface area contributed by atoms with Crippen LogP contribution in [0.1, 0.15) is 44.6 Å². The Labute approximate surface area is 118 Å². The Morgan fingerprint density at radius 1 is 1.05 bits per heavy atom. The van der Waals surface area contributed by atoms with Gasteiger partial charge in [-0.05, 0) is 43.6 Å². The Morgan fingerprint density at radius 3 is 2.37 bits per heavy atom. The van der Waals surface area contributed by atoms with E-state index >= 15 is 0 Å². The molecule has 102 valence electrons. The van der Waals surface area contributed by atoms with E-state index in [2.05, 4.69) is 0 Å². The van der Waals surface area contributed by atoms with Crippen LogP contribution in [0, 0.1) is 31.6 Å². The second-order valence-corrected chi connectivity index (χ2v) is 5.41. The minimum Gasteiger partial charge on any atom is -0.385 e. The third-order valence-electron chi connectivity index (χ3n) is 4.12. The van der Waals surface area contributed by atoms with Crippen molar-refractivity contribution in [2.45, 2.75) is 44.6 Å². The molecule has 1 heteroatoms. The van der Waals surface area contributed by atoms with Gasteiger partial charge in [0.15, 0.2) is 0 Å². The lowest BCUT2D eigenvalue weighted by molar-refractivity contribution is -0.00637. The predicted molar refractivity (Wildman–Crippen MR) is 79.8 cm³/mol. The van der Waals surface area contributed by atoms with Crippen molar-refractivity contribution in [2.24, 2.45) is 5.92 Å². The van der Waals surface area contributed by atoms with Crippen LogP contribution in [0.2, 0.25) is 0 Å². The van der Waals surface area contributed by atoms with Crippen LogP contribution in [0.4, 0.5) is 0 Å². The third kappa shape index (κ3) is 3.60. The molecular formula is C18H24O. The van der Waals surface area contributed by atoms with Crippen LogP contribution >= 0.6 is 0 Å². The van der Waals surface area contributed by atoms with Gasteiger partial charge in [0.05, 0.1) is 5.60 Å². The highest BCUT2D eigenvalue weighted by Crippen LogP contribution is 2.41. The van der Waals surface area contributed by atoms with E-state index in [4.69, 9.17) is 0 Å². The first kappa shape index (κ1) is 14.6. The van der Waals surface area contributed by atoms with Crippen LogP contribution in [0.15, 0.2) is 30.3 Å². The van der Waals surface area contributed by atoms with Gasteiger partial charge in [0.2, 0.25) is 0 Å². The molecule has 1 fully saturated rings. The Kier molecular flexibility index (Phi) is 5.45. The number of rotatable bonds is 6. The molecule has 0 aromatic heterocycles. The van der Waals surface area contributed by atoms with Gasteiger partial charge >= 0.3 is 0 Å². The van der Waals surface area contributed by atoms with Crippen LogP contribution in [0.5, 0.6) is 0 Å². The molecule has 2 rings (SSSR count).